The molecule has 5 heteroatoms. The highest BCUT2D eigenvalue weighted by atomic mass is 19.1. The lowest BCUT2D eigenvalue weighted by Gasteiger charge is -2.22. The lowest BCUT2D eigenvalue weighted by molar-refractivity contribution is 0.0691. The third-order valence-electron chi connectivity index (χ3n) is 3.21. The van der Waals surface area contributed by atoms with Crippen LogP contribution in [0.25, 0.3) is 0 Å². The molecule has 0 spiro atoms. The topological polar surface area (TPSA) is 49.8 Å². The maximum Gasteiger partial charge on any atom is 0.338 e. The quantitative estimate of drug-likeness (QED) is 0.918. The third kappa shape index (κ3) is 3.13. The van der Waals surface area contributed by atoms with Gasteiger partial charge in [0.2, 0.25) is 0 Å². The van der Waals surface area contributed by atoms with Crippen molar-refractivity contribution in [2.45, 2.75) is 6.54 Å². The van der Waals surface area contributed by atoms with Crippen molar-refractivity contribution in [2.75, 3.05) is 19.1 Å². The first-order valence-electron chi connectivity index (χ1n) is 6.39. The largest absolute Gasteiger partial charge is 0.495 e. The minimum absolute atomic E-state index is 0.243. The minimum Gasteiger partial charge on any atom is -0.495 e. The van der Waals surface area contributed by atoms with E-state index >= 15 is 0 Å². The van der Waals surface area contributed by atoms with Crippen LogP contribution in [-0.2, 0) is 6.54 Å². The molecule has 0 saturated heterocycles. The first-order valence-corrected chi connectivity index (χ1v) is 6.39. The van der Waals surface area contributed by atoms with Gasteiger partial charge < -0.3 is 14.7 Å². The van der Waals surface area contributed by atoms with Crippen LogP contribution in [0.4, 0.5) is 10.1 Å². The van der Waals surface area contributed by atoms with Gasteiger partial charge in [-0.1, -0.05) is 24.3 Å². The molecular formula is C16H16FNO3. The van der Waals surface area contributed by atoms with E-state index in [1.807, 2.05) is 29.2 Å². The molecule has 2 aromatic carbocycles. The van der Waals surface area contributed by atoms with Crippen LogP contribution in [-0.4, -0.2) is 25.2 Å². The number of para-hydroxylation sites is 2. The Bertz CT molecular complexity index is 658. The van der Waals surface area contributed by atoms with Crippen LogP contribution in [0.3, 0.4) is 0 Å². The molecule has 0 aliphatic heterocycles. The molecule has 0 radical (unpaired) electrons. The van der Waals surface area contributed by atoms with Gasteiger partial charge in [-0.3, -0.25) is 0 Å². The van der Waals surface area contributed by atoms with Gasteiger partial charge >= 0.3 is 5.97 Å². The van der Waals surface area contributed by atoms with E-state index in [4.69, 9.17) is 9.84 Å². The number of carboxylic acid groups (broad SMARTS) is 1. The second-order valence-corrected chi connectivity index (χ2v) is 4.61. The number of ether oxygens (including phenoxy) is 1. The van der Waals surface area contributed by atoms with Crippen LogP contribution in [0.2, 0.25) is 0 Å². The van der Waals surface area contributed by atoms with Crippen molar-refractivity contribution in [1.29, 1.82) is 0 Å². The highest BCUT2D eigenvalue weighted by Gasteiger charge is 2.16. The average Bonchev–Trinajstić information content (AvgIpc) is 2.48. The summed E-state index contributed by atoms with van der Waals surface area (Å²) in [5.74, 6) is -1.30. The first-order chi connectivity index (χ1) is 10.0. The smallest absolute Gasteiger partial charge is 0.338 e. The number of aromatic carboxylic acids is 1. The van der Waals surface area contributed by atoms with Crippen molar-refractivity contribution in [1.82, 2.24) is 0 Å². The van der Waals surface area contributed by atoms with Crippen LogP contribution in [0.5, 0.6) is 5.75 Å². The fourth-order valence-electron chi connectivity index (χ4n) is 2.15. The number of halogens is 1. The van der Waals surface area contributed by atoms with Gasteiger partial charge in [0.05, 0.1) is 18.4 Å². The summed E-state index contributed by atoms with van der Waals surface area (Å²) < 4.78 is 19.4. The number of hydrogen-bond acceptors (Lipinski definition) is 3. The summed E-state index contributed by atoms with van der Waals surface area (Å²) in [5.41, 5.74) is 0.810. The predicted molar refractivity (Wildman–Crippen MR) is 78.5 cm³/mol. The van der Waals surface area contributed by atoms with Crippen LogP contribution < -0.4 is 9.64 Å². The van der Waals surface area contributed by atoms with E-state index in [0.29, 0.717) is 11.3 Å². The standard InChI is InChI=1S/C16H16FNO3/c1-18(13-8-3-4-9-14(13)21-2)10-11-6-5-7-12(15(11)17)16(19)20/h3-9H,10H2,1-2H3,(H,19,20). The summed E-state index contributed by atoms with van der Waals surface area (Å²) in [6.45, 7) is 0.243. The van der Waals surface area contributed by atoms with E-state index < -0.39 is 11.8 Å². The highest BCUT2D eigenvalue weighted by Crippen LogP contribution is 2.28. The SMILES string of the molecule is COc1ccccc1N(C)Cc1cccc(C(=O)O)c1F. The molecule has 2 rings (SSSR count). The summed E-state index contributed by atoms with van der Waals surface area (Å²) in [6, 6.07) is 11.8. The van der Waals surface area contributed by atoms with Gasteiger partial charge in [0.25, 0.3) is 0 Å². The molecule has 110 valence electrons. The van der Waals surface area contributed by atoms with Crippen molar-refractivity contribution in [3.05, 3.63) is 59.4 Å². The van der Waals surface area contributed by atoms with Gasteiger partial charge in [-0.25, -0.2) is 9.18 Å². The molecule has 0 aromatic heterocycles. The number of hydrogen-bond donors (Lipinski definition) is 1. The number of benzene rings is 2. The Morgan fingerprint density at radius 1 is 1.24 bits per heavy atom. The molecule has 21 heavy (non-hydrogen) atoms. The Kier molecular flexibility index (Phi) is 4.42. The van der Waals surface area contributed by atoms with E-state index in [0.717, 1.165) is 5.69 Å². The van der Waals surface area contributed by atoms with Gasteiger partial charge in [0.15, 0.2) is 0 Å². The maximum atomic E-state index is 14.1. The fourth-order valence-corrected chi connectivity index (χ4v) is 2.15. The molecule has 1 N–H and O–H groups in total. The summed E-state index contributed by atoms with van der Waals surface area (Å²) in [4.78, 5) is 12.8. The van der Waals surface area contributed by atoms with Gasteiger partial charge in [0, 0.05) is 19.2 Å². The number of nitrogens with zero attached hydrogens (tertiary/aromatic N) is 1. The molecule has 4 nitrogen and oxygen atoms in total. The molecule has 0 atom stereocenters. The molecule has 0 unspecified atom stereocenters. The Morgan fingerprint density at radius 2 is 1.95 bits per heavy atom. The lowest BCUT2D eigenvalue weighted by Crippen LogP contribution is -2.18. The van der Waals surface area contributed by atoms with E-state index in [1.165, 1.54) is 12.1 Å². The number of carboxylic acids is 1. The van der Waals surface area contributed by atoms with Crippen LogP contribution in [0.15, 0.2) is 42.5 Å². The van der Waals surface area contributed by atoms with E-state index in [9.17, 15) is 9.18 Å². The summed E-state index contributed by atoms with van der Waals surface area (Å²) in [6.07, 6.45) is 0. The Labute approximate surface area is 122 Å². The van der Waals surface area contributed by atoms with E-state index in [-0.39, 0.29) is 12.1 Å². The van der Waals surface area contributed by atoms with Gasteiger partial charge in [0.1, 0.15) is 11.6 Å². The number of rotatable bonds is 5. The second-order valence-electron chi connectivity index (χ2n) is 4.61. The van der Waals surface area contributed by atoms with Crippen molar-refractivity contribution in [2.24, 2.45) is 0 Å². The van der Waals surface area contributed by atoms with E-state index in [2.05, 4.69) is 0 Å². The molecule has 0 heterocycles. The lowest BCUT2D eigenvalue weighted by atomic mass is 10.1. The molecule has 0 amide bonds. The Balaban J connectivity index is 2.30. The Morgan fingerprint density at radius 3 is 2.62 bits per heavy atom. The van der Waals surface area contributed by atoms with Crippen molar-refractivity contribution in [3.63, 3.8) is 0 Å². The zero-order valence-electron chi connectivity index (χ0n) is 11.8. The molecule has 0 aliphatic rings. The summed E-state index contributed by atoms with van der Waals surface area (Å²) in [5, 5.41) is 8.95. The molecule has 2 aromatic rings. The van der Waals surface area contributed by atoms with Gasteiger partial charge in [-0.15, -0.1) is 0 Å². The van der Waals surface area contributed by atoms with Crippen molar-refractivity contribution < 1.29 is 19.0 Å². The zero-order valence-corrected chi connectivity index (χ0v) is 11.8. The molecular weight excluding hydrogens is 273 g/mol. The predicted octanol–water partition coefficient (Wildman–Crippen LogP) is 3.17. The molecule has 0 aliphatic carbocycles. The van der Waals surface area contributed by atoms with Crippen LogP contribution >= 0.6 is 0 Å². The summed E-state index contributed by atoms with van der Waals surface area (Å²) in [7, 11) is 3.36. The van der Waals surface area contributed by atoms with E-state index in [1.54, 1.807) is 20.2 Å². The third-order valence-corrected chi connectivity index (χ3v) is 3.21. The van der Waals surface area contributed by atoms with Gasteiger partial charge in [-0.2, -0.15) is 0 Å². The summed E-state index contributed by atoms with van der Waals surface area (Å²) >= 11 is 0. The fraction of sp³-hybridized carbons (Fsp3) is 0.188. The molecule has 0 saturated carbocycles. The van der Waals surface area contributed by atoms with Gasteiger partial charge in [-0.05, 0) is 18.2 Å². The van der Waals surface area contributed by atoms with Crippen LogP contribution in [0.1, 0.15) is 15.9 Å². The number of carbonyl (C=O) groups is 1. The van der Waals surface area contributed by atoms with Crippen LogP contribution in [0, 0.1) is 5.82 Å². The minimum atomic E-state index is -1.27. The normalized spacial score (nSPS) is 10.2. The molecule has 0 fully saturated rings. The highest BCUT2D eigenvalue weighted by molar-refractivity contribution is 5.88. The second kappa shape index (κ2) is 6.26. The monoisotopic (exact) mass is 289 g/mol. The van der Waals surface area contributed by atoms with Crippen molar-refractivity contribution in [3.8, 4) is 5.75 Å². The average molecular weight is 289 g/mol. The zero-order chi connectivity index (χ0) is 15.4. The maximum absolute atomic E-state index is 14.1. The Hall–Kier alpha value is -2.56. The molecule has 0 bridgehead atoms. The van der Waals surface area contributed by atoms with Crippen molar-refractivity contribution >= 4 is 11.7 Å². The number of anilines is 1. The number of methoxy groups -OCH3 is 1. The first kappa shape index (κ1) is 14.8.